The number of hydrogen-bond donors (Lipinski definition) is 1. The number of ether oxygens (including phenoxy) is 1. The number of aromatic nitrogens is 2. The van der Waals surface area contributed by atoms with Gasteiger partial charge in [0.25, 0.3) is 0 Å². The summed E-state index contributed by atoms with van der Waals surface area (Å²) in [4.78, 5) is 9.10. The molecule has 0 aromatic carbocycles. The molecular weight excluding hydrogens is 252 g/mol. The van der Waals surface area contributed by atoms with Crippen molar-refractivity contribution in [3.8, 4) is 0 Å². The first-order chi connectivity index (χ1) is 7.86. The second-order valence-electron chi connectivity index (χ2n) is 3.08. The molecule has 0 saturated heterocycles. The molecule has 1 heterocycles. The normalized spacial score (nSPS) is 11.6. The van der Waals surface area contributed by atoms with Crippen molar-refractivity contribution in [2.75, 3.05) is 13.2 Å². The Balaban J connectivity index is 3.01. The fraction of sp³-hybridized carbons (Fsp3) is 0.571. The number of hydrogen-bond acceptors (Lipinski definition) is 6. The Hall–Kier alpha value is -1.52. The number of sulfonamides is 1. The molecule has 9 nitrogen and oxygen atoms in total. The van der Waals surface area contributed by atoms with E-state index in [0.717, 1.165) is 10.9 Å². The first-order valence-corrected chi connectivity index (χ1v) is 6.23. The summed E-state index contributed by atoms with van der Waals surface area (Å²) in [6, 6.07) is 0. The molecular formula is C7H12N4O5S. The Morgan fingerprint density at radius 3 is 2.71 bits per heavy atom. The van der Waals surface area contributed by atoms with Crippen LogP contribution in [0.5, 0.6) is 0 Å². The van der Waals surface area contributed by atoms with Crippen molar-refractivity contribution < 1.29 is 18.1 Å². The second-order valence-corrected chi connectivity index (χ2v) is 4.61. The van der Waals surface area contributed by atoms with E-state index in [4.69, 9.17) is 9.88 Å². The summed E-state index contributed by atoms with van der Waals surface area (Å²) < 4.78 is 28.3. The standard InChI is InChI=1S/C7H12N4O5S/c1-2-16-4-3-10-5-6(17(8,14)15)7(9-10)11(12)13/h5H,2-4H2,1H3,(H2,8,14,15). The average Bonchev–Trinajstić information content (AvgIpc) is 2.62. The molecule has 96 valence electrons. The fourth-order valence-electron chi connectivity index (χ4n) is 1.14. The summed E-state index contributed by atoms with van der Waals surface area (Å²) in [6.07, 6.45) is 1.02. The van der Waals surface area contributed by atoms with Crippen molar-refractivity contribution in [2.45, 2.75) is 18.4 Å². The van der Waals surface area contributed by atoms with E-state index in [-0.39, 0.29) is 13.2 Å². The van der Waals surface area contributed by atoms with Crippen LogP contribution in [0, 0.1) is 10.1 Å². The first kappa shape index (κ1) is 13.5. The van der Waals surface area contributed by atoms with Crippen LogP contribution in [-0.4, -0.2) is 36.3 Å². The molecule has 0 aliphatic rings. The lowest BCUT2D eigenvalue weighted by molar-refractivity contribution is -0.392. The molecule has 2 N–H and O–H groups in total. The molecule has 0 atom stereocenters. The van der Waals surface area contributed by atoms with Crippen LogP contribution in [0.3, 0.4) is 0 Å². The predicted molar refractivity (Wildman–Crippen MR) is 56.7 cm³/mol. The zero-order valence-corrected chi connectivity index (χ0v) is 9.88. The van der Waals surface area contributed by atoms with Crippen molar-refractivity contribution in [3.63, 3.8) is 0 Å². The molecule has 0 radical (unpaired) electrons. The number of nitro groups is 1. The highest BCUT2D eigenvalue weighted by Crippen LogP contribution is 2.19. The third-order valence-electron chi connectivity index (χ3n) is 1.86. The minimum atomic E-state index is -4.15. The molecule has 0 fully saturated rings. The number of rotatable bonds is 6. The van der Waals surface area contributed by atoms with Crippen LogP contribution >= 0.6 is 0 Å². The van der Waals surface area contributed by atoms with E-state index < -0.39 is 25.7 Å². The van der Waals surface area contributed by atoms with E-state index in [1.807, 2.05) is 0 Å². The van der Waals surface area contributed by atoms with Crippen molar-refractivity contribution in [2.24, 2.45) is 5.14 Å². The maximum atomic E-state index is 11.1. The lowest BCUT2D eigenvalue weighted by atomic mass is 10.6. The van der Waals surface area contributed by atoms with Crippen LogP contribution in [0.25, 0.3) is 0 Å². The SMILES string of the molecule is CCOCCn1cc(S(N)(=O)=O)c([N+](=O)[O-])n1. The monoisotopic (exact) mass is 264 g/mol. The van der Waals surface area contributed by atoms with E-state index in [1.54, 1.807) is 6.92 Å². The van der Waals surface area contributed by atoms with Crippen LogP contribution < -0.4 is 5.14 Å². The van der Waals surface area contributed by atoms with Gasteiger partial charge in [-0.15, -0.1) is 0 Å². The van der Waals surface area contributed by atoms with E-state index in [1.165, 1.54) is 0 Å². The third kappa shape index (κ3) is 3.47. The Labute approximate surface area is 97.4 Å². The van der Waals surface area contributed by atoms with E-state index in [2.05, 4.69) is 5.10 Å². The third-order valence-corrected chi connectivity index (χ3v) is 2.76. The van der Waals surface area contributed by atoms with Gasteiger partial charge in [0.05, 0.1) is 24.4 Å². The molecule has 1 aromatic rings. The summed E-state index contributed by atoms with van der Waals surface area (Å²) in [5, 5.41) is 19.0. The molecule has 0 aliphatic carbocycles. The average molecular weight is 264 g/mol. The van der Waals surface area contributed by atoms with Crippen molar-refractivity contribution >= 4 is 15.8 Å². The van der Waals surface area contributed by atoms with Crippen LogP contribution in [0.1, 0.15) is 6.92 Å². The lowest BCUT2D eigenvalue weighted by Crippen LogP contribution is -2.13. The molecule has 0 unspecified atom stereocenters. The van der Waals surface area contributed by atoms with Gasteiger partial charge < -0.3 is 14.9 Å². The fourth-order valence-corrected chi connectivity index (χ4v) is 1.78. The van der Waals surface area contributed by atoms with E-state index >= 15 is 0 Å². The van der Waals surface area contributed by atoms with Gasteiger partial charge in [-0.1, -0.05) is 0 Å². The van der Waals surface area contributed by atoms with Gasteiger partial charge in [-0.2, -0.15) is 4.68 Å². The molecule has 0 saturated carbocycles. The van der Waals surface area contributed by atoms with Crippen molar-refractivity contribution in [3.05, 3.63) is 16.3 Å². The van der Waals surface area contributed by atoms with Crippen molar-refractivity contribution in [1.29, 1.82) is 0 Å². The van der Waals surface area contributed by atoms with Gasteiger partial charge in [-0.05, 0) is 11.8 Å². The maximum Gasteiger partial charge on any atom is 0.410 e. The Morgan fingerprint density at radius 2 is 2.29 bits per heavy atom. The summed E-state index contributed by atoms with van der Waals surface area (Å²) in [5.74, 6) is -0.774. The number of nitrogens with two attached hydrogens (primary N) is 1. The summed E-state index contributed by atoms with van der Waals surface area (Å²) >= 11 is 0. The molecule has 0 amide bonds. The summed E-state index contributed by atoms with van der Waals surface area (Å²) in [7, 11) is -4.15. The molecule has 0 aliphatic heterocycles. The van der Waals surface area contributed by atoms with Gasteiger partial charge in [0.15, 0.2) is 0 Å². The summed E-state index contributed by atoms with van der Waals surface area (Å²) in [5.41, 5.74) is 0. The quantitative estimate of drug-likeness (QED) is 0.417. The van der Waals surface area contributed by atoms with Crippen LogP contribution in [0.2, 0.25) is 0 Å². The van der Waals surface area contributed by atoms with Gasteiger partial charge >= 0.3 is 5.82 Å². The van der Waals surface area contributed by atoms with Gasteiger partial charge in [0, 0.05) is 6.61 Å². The van der Waals surface area contributed by atoms with E-state index in [0.29, 0.717) is 6.61 Å². The zero-order valence-electron chi connectivity index (χ0n) is 9.07. The summed E-state index contributed by atoms with van der Waals surface area (Å²) in [6.45, 7) is 2.77. The van der Waals surface area contributed by atoms with Crippen LogP contribution in [0.4, 0.5) is 5.82 Å². The Bertz CT molecular complexity index is 508. The van der Waals surface area contributed by atoms with Gasteiger partial charge in [-0.3, -0.25) is 0 Å². The van der Waals surface area contributed by atoms with Crippen LogP contribution in [0.15, 0.2) is 11.1 Å². The molecule has 1 rings (SSSR count). The first-order valence-electron chi connectivity index (χ1n) is 4.68. The topological polar surface area (TPSA) is 130 Å². The Morgan fingerprint density at radius 1 is 1.65 bits per heavy atom. The number of nitrogens with zero attached hydrogens (tertiary/aromatic N) is 3. The second kappa shape index (κ2) is 5.21. The van der Waals surface area contributed by atoms with E-state index in [9.17, 15) is 18.5 Å². The van der Waals surface area contributed by atoms with Crippen LogP contribution in [-0.2, 0) is 21.3 Å². The zero-order chi connectivity index (χ0) is 13.1. The molecule has 17 heavy (non-hydrogen) atoms. The van der Waals surface area contributed by atoms with Gasteiger partial charge in [0.2, 0.25) is 14.9 Å². The maximum absolute atomic E-state index is 11.1. The predicted octanol–water partition coefficient (Wildman–Crippen LogP) is -0.525. The molecule has 0 bridgehead atoms. The highest BCUT2D eigenvalue weighted by Gasteiger charge is 2.28. The molecule has 1 aromatic heterocycles. The highest BCUT2D eigenvalue weighted by molar-refractivity contribution is 7.89. The largest absolute Gasteiger partial charge is 0.410 e. The minimum Gasteiger partial charge on any atom is -0.380 e. The Kier molecular flexibility index (Phi) is 4.15. The van der Waals surface area contributed by atoms with Gasteiger partial charge in [-0.25, -0.2) is 13.6 Å². The molecule has 0 spiro atoms. The molecule has 10 heteroatoms. The van der Waals surface area contributed by atoms with Gasteiger partial charge in [0.1, 0.15) is 0 Å². The van der Waals surface area contributed by atoms with Crippen molar-refractivity contribution in [1.82, 2.24) is 9.78 Å². The minimum absolute atomic E-state index is 0.212. The smallest absolute Gasteiger partial charge is 0.380 e. The number of primary sulfonamides is 1. The highest BCUT2D eigenvalue weighted by atomic mass is 32.2. The lowest BCUT2D eigenvalue weighted by Gasteiger charge is -1.96.